The Kier molecular flexibility index (Phi) is 5.16. The number of anilines is 1. The Morgan fingerprint density at radius 1 is 1.21 bits per heavy atom. The van der Waals surface area contributed by atoms with E-state index in [4.69, 9.17) is 4.74 Å². The fraction of sp³-hybridized carbons (Fsp3) is 0.316. The van der Waals surface area contributed by atoms with Crippen molar-refractivity contribution in [1.29, 1.82) is 0 Å². The van der Waals surface area contributed by atoms with Crippen molar-refractivity contribution in [3.8, 4) is 5.69 Å². The zero-order chi connectivity index (χ0) is 19.5. The molecule has 0 saturated carbocycles. The lowest BCUT2D eigenvalue weighted by atomic mass is 9.95. The maximum absolute atomic E-state index is 12.6. The predicted molar refractivity (Wildman–Crippen MR) is 104 cm³/mol. The average Bonchev–Trinajstić information content (AvgIpc) is 3.35. The number of thiophene rings is 1. The SMILES string of the molecule is COC(=O)c1c(NC(=O)Cc2ccc(-n3cnnn3)cc2)sc2c1CCCC2. The molecule has 2 heterocycles. The third-order valence-corrected chi connectivity index (χ3v) is 5.94. The molecule has 0 atom stereocenters. The van der Waals surface area contributed by atoms with Gasteiger partial charge in [0.1, 0.15) is 11.3 Å². The number of nitrogens with zero attached hydrogens (tertiary/aromatic N) is 4. The number of amides is 1. The van der Waals surface area contributed by atoms with Gasteiger partial charge in [0, 0.05) is 4.88 Å². The number of carbonyl (C=O) groups excluding carboxylic acids is 2. The largest absolute Gasteiger partial charge is 0.465 e. The summed E-state index contributed by atoms with van der Waals surface area (Å²) >= 11 is 1.49. The second-order valence-electron chi connectivity index (χ2n) is 6.55. The molecule has 8 nitrogen and oxygen atoms in total. The number of ether oxygens (including phenoxy) is 1. The monoisotopic (exact) mass is 397 g/mol. The summed E-state index contributed by atoms with van der Waals surface area (Å²) in [4.78, 5) is 26.0. The summed E-state index contributed by atoms with van der Waals surface area (Å²) in [7, 11) is 1.37. The van der Waals surface area contributed by atoms with Gasteiger partial charge in [0.2, 0.25) is 5.91 Å². The van der Waals surface area contributed by atoms with Crippen LogP contribution in [0.4, 0.5) is 5.00 Å². The molecule has 4 rings (SSSR count). The first-order chi connectivity index (χ1) is 13.7. The minimum atomic E-state index is -0.388. The third kappa shape index (κ3) is 3.65. The normalized spacial score (nSPS) is 13.0. The number of carbonyl (C=O) groups is 2. The van der Waals surface area contributed by atoms with Crippen molar-refractivity contribution < 1.29 is 14.3 Å². The van der Waals surface area contributed by atoms with Crippen molar-refractivity contribution in [3.63, 3.8) is 0 Å². The fourth-order valence-corrected chi connectivity index (χ4v) is 4.67. The molecule has 9 heteroatoms. The Morgan fingerprint density at radius 2 is 2.00 bits per heavy atom. The standard InChI is InChI=1S/C19H19N5O3S/c1-27-19(26)17-14-4-2-3-5-15(14)28-18(17)21-16(25)10-12-6-8-13(9-7-12)24-11-20-22-23-24/h6-9,11H,2-5,10H2,1H3,(H,21,25). The van der Waals surface area contributed by atoms with Crippen LogP contribution in [0, 0.1) is 0 Å². The Labute approximate surface area is 165 Å². The van der Waals surface area contributed by atoms with Gasteiger partial charge in [-0.3, -0.25) is 4.79 Å². The van der Waals surface area contributed by atoms with Crippen LogP contribution >= 0.6 is 11.3 Å². The number of esters is 1. The van der Waals surface area contributed by atoms with Gasteiger partial charge in [-0.25, -0.2) is 9.48 Å². The maximum atomic E-state index is 12.6. The van der Waals surface area contributed by atoms with Gasteiger partial charge in [-0.2, -0.15) is 0 Å². The van der Waals surface area contributed by atoms with Gasteiger partial charge in [0.05, 0.1) is 24.8 Å². The Morgan fingerprint density at radius 3 is 2.71 bits per heavy atom. The minimum Gasteiger partial charge on any atom is -0.465 e. The Bertz CT molecular complexity index is 996. The topological polar surface area (TPSA) is 99.0 Å². The first-order valence-electron chi connectivity index (χ1n) is 9.00. The summed E-state index contributed by atoms with van der Waals surface area (Å²) in [6.45, 7) is 0. The molecule has 0 bridgehead atoms. The highest BCUT2D eigenvalue weighted by Crippen LogP contribution is 2.38. The molecule has 0 fully saturated rings. The Hall–Kier alpha value is -3.07. The molecule has 1 aromatic carbocycles. The number of rotatable bonds is 5. The van der Waals surface area contributed by atoms with Crippen LogP contribution in [0.5, 0.6) is 0 Å². The van der Waals surface area contributed by atoms with E-state index in [1.165, 1.54) is 29.7 Å². The highest BCUT2D eigenvalue weighted by atomic mass is 32.1. The van der Waals surface area contributed by atoms with Crippen LogP contribution in [0.15, 0.2) is 30.6 Å². The van der Waals surface area contributed by atoms with E-state index in [0.29, 0.717) is 10.6 Å². The molecule has 0 radical (unpaired) electrons. The van der Waals surface area contributed by atoms with Crippen LogP contribution in [0.1, 0.15) is 39.2 Å². The number of aromatic nitrogens is 4. The van der Waals surface area contributed by atoms with E-state index in [1.807, 2.05) is 24.3 Å². The molecule has 1 aliphatic carbocycles. The van der Waals surface area contributed by atoms with Crippen molar-refractivity contribution >= 4 is 28.2 Å². The molecular formula is C19H19N5O3S. The van der Waals surface area contributed by atoms with Crippen LogP contribution in [-0.4, -0.2) is 39.2 Å². The molecule has 1 aliphatic rings. The molecule has 0 saturated heterocycles. The molecule has 0 unspecified atom stereocenters. The molecule has 1 N–H and O–H groups in total. The van der Waals surface area contributed by atoms with Gasteiger partial charge >= 0.3 is 5.97 Å². The van der Waals surface area contributed by atoms with Crippen molar-refractivity contribution in [2.75, 3.05) is 12.4 Å². The molecule has 28 heavy (non-hydrogen) atoms. The van der Waals surface area contributed by atoms with Gasteiger partial charge in [-0.15, -0.1) is 16.4 Å². The zero-order valence-electron chi connectivity index (χ0n) is 15.3. The summed E-state index contributed by atoms with van der Waals surface area (Å²) in [5, 5.41) is 14.5. The maximum Gasteiger partial charge on any atom is 0.341 e. The lowest BCUT2D eigenvalue weighted by molar-refractivity contribution is -0.115. The first-order valence-corrected chi connectivity index (χ1v) is 9.82. The number of nitrogens with one attached hydrogen (secondary N) is 1. The van der Waals surface area contributed by atoms with Crippen LogP contribution in [0.3, 0.4) is 0 Å². The number of methoxy groups -OCH3 is 1. The van der Waals surface area contributed by atoms with Crippen LogP contribution < -0.4 is 5.32 Å². The summed E-state index contributed by atoms with van der Waals surface area (Å²) in [6.07, 6.45) is 5.67. The van der Waals surface area contributed by atoms with Crippen LogP contribution in [0.25, 0.3) is 5.69 Å². The number of hydrogen-bond donors (Lipinski definition) is 1. The summed E-state index contributed by atoms with van der Waals surface area (Å²) in [6, 6.07) is 7.42. The third-order valence-electron chi connectivity index (χ3n) is 4.73. The number of hydrogen-bond acceptors (Lipinski definition) is 7. The van der Waals surface area contributed by atoms with Crippen LogP contribution in [0.2, 0.25) is 0 Å². The highest BCUT2D eigenvalue weighted by molar-refractivity contribution is 7.17. The molecule has 1 amide bonds. The smallest absolute Gasteiger partial charge is 0.341 e. The zero-order valence-corrected chi connectivity index (χ0v) is 16.2. The van der Waals surface area contributed by atoms with E-state index in [1.54, 1.807) is 4.68 Å². The second kappa shape index (κ2) is 7.89. The van der Waals surface area contributed by atoms with Gasteiger partial charge in [-0.1, -0.05) is 12.1 Å². The number of fused-ring (bicyclic) bond motifs is 1. The fourth-order valence-electron chi connectivity index (χ4n) is 3.37. The van der Waals surface area contributed by atoms with E-state index in [0.717, 1.165) is 42.5 Å². The molecular weight excluding hydrogens is 378 g/mol. The first kappa shape index (κ1) is 18.3. The van der Waals surface area contributed by atoms with Crippen molar-refractivity contribution in [1.82, 2.24) is 20.2 Å². The summed E-state index contributed by atoms with van der Waals surface area (Å²) in [5.41, 5.74) is 3.22. The van der Waals surface area contributed by atoms with Gasteiger partial charge < -0.3 is 10.1 Å². The molecule has 144 valence electrons. The van der Waals surface area contributed by atoms with E-state index >= 15 is 0 Å². The quantitative estimate of drug-likeness (QED) is 0.665. The molecule has 0 spiro atoms. The van der Waals surface area contributed by atoms with E-state index < -0.39 is 0 Å². The summed E-state index contributed by atoms with van der Waals surface area (Å²) in [5.74, 6) is -0.556. The molecule has 2 aromatic heterocycles. The van der Waals surface area contributed by atoms with E-state index in [-0.39, 0.29) is 18.3 Å². The predicted octanol–water partition coefficient (Wildman–Crippen LogP) is 2.57. The average molecular weight is 397 g/mol. The van der Waals surface area contributed by atoms with Crippen molar-refractivity contribution in [3.05, 3.63) is 52.2 Å². The minimum absolute atomic E-state index is 0.168. The lowest BCUT2D eigenvalue weighted by Gasteiger charge is -2.11. The van der Waals surface area contributed by atoms with Gasteiger partial charge in [0.15, 0.2) is 0 Å². The lowest BCUT2D eigenvalue weighted by Crippen LogP contribution is -2.16. The van der Waals surface area contributed by atoms with Gasteiger partial charge in [0.25, 0.3) is 0 Å². The van der Waals surface area contributed by atoms with Crippen molar-refractivity contribution in [2.24, 2.45) is 0 Å². The van der Waals surface area contributed by atoms with Crippen LogP contribution in [-0.2, 0) is 28.8 Å². The van der Waals surface area contributed by atoms with Gasteiger partial charge in [-0.05, 0) is 59.4 Å². The van der Waals surface area contributed by atoms with E-state index in [9.17, 15) is 9.59 Å². The number of tetrazole rings is 1. The number of aryl methyl sites for hydroxylation is 1. The summed E-state index contributed by atoms with van der Waals surface area (Å²) < 4.78 is 6.49. The number of benzene rings is 1. The second-order valence-corrected chi connectivity index (χ2v) is 7.66. The van der Waals surface area contributed by atoms with Crippen molar-refractivity contribution in [2.45, 2.75) is 32.1 Å². The Balaban J connectivity index is 1.49. The highest BCUT2D eigenvalue weighted by Gasteiger charge is 2.26. The molecule has 3 aromatic rings. The van der Waals surface area contributed by atoms with E-state index in [2.05, 4.69) is 20.8 Å². The molecule has 0 aliphatic heterocycles.